The van der Waals surface area contributed by atoms with Gasteiger partial charge in [0, 0.05) is 13.1 Å². The molecule has 0 radical (unpaired) electrons. The molecule has 5 nitrogen and oxygen atoms in total. The van der Waals surface area contributed by atoms with Crippen LogP contribution in [0.25, 0.3) is 16.7 Å². The average Bonchev–Trinajstić information content (AvgIpc) is 2.99. The van der Waals surface area contributed by atoms with Crippen LogP contribution in [-0.2, 0) is 0 Å². The van der Waals surface area contributed by atoms with Crippen LogP contribution in [0.2, 0.25) is 0 Å². The second-order valence-electron chi connectivity index (χ2n) is 6.16. The number of halogens is 1. The van der Waals surface area contributed by atoms with E-state index in [1.165, 1.54) is 25.0 Å². The standard InChI is InChI=1S/C17H18FN5/c1-12-3-2-8-22(10-12)16-15-9-21-23(17(15)20-11-19-16)14-6-4-13(18)5-7-14/h4-7,9,11-12H,2-3,8,10H2,1H3/t12-/m0/s1. The van der Waals surface area contributed by atoms with E-state index in [1.54, 1.807) is 29.3 Å². The Morgan fingerprint density at radius 1 is 1.17 bits per heavy atom. The number of benzene rings is 1. The van der Waals surface area contributed by atoms with Crippen LogP contribution in [0.4, 0.5) is 10.2 Å². The van der Waals surface area contributed by atoms with E-state index in [1.807, 2.05) is 0 Å². The molecule has 1 fully saturated rings. The van der Waals surface area contributed by atoms with E-state index >= 15 is 0 Å². The fraction of sp³-hybridized carbons (Fsp3) is 0.353. The van der Waals surface area contributed by atoms with Gasteiger partial charge in [0.05, 0.1) is 17.3 Å². The van der Waals surface area contributed by atoms with Gasteiger partial charge in [-0.2, -0.15) is 5.10 Å². The van der Waals surface area contributed by atoms with E-state index in [0.717, 1.165) is 35.6 Å². The highest BCUT2D eigenvalue weighted by Gasteiger charge is 2.21. The number of fused-ring (bicyclic) bond motifs is 1. The lowest BCUT2D eigenvalue weighted by atomic mass is 10.0. The van der Waals surface area contributed by atoms with E-state index < -0.39 is 0 Å². The minimum atomic E-state index is -0.261. The van der Waals surface area contributed by atoms with Gasteiger partial charge in [-0.1, -0.05) is 6.92 Å². The monoisotopic (exact) mass is 311 g/mol. The maximum Gasteiger partial charge on any atom is 0.168 e. The zero-order valence-corrected chi connectivity index (χ0v) is 13.0. The first-order valence-electron chi connectivity index (χ1n) is 7.92. The van der Waals surface area contributed by atoms with Gasteiger partial charge in [0.2, 0.25) is 0 Å². The number of anilines is 1. The smallest absolute Gasteiger partial charge is 0.168 e. The normalized spacial score (nSPS) is 18.5. The van der Waals surface area contributed by atoms with E-state index in [2.05, 4.69) is 26.9 Å². The van der Waals surface area contributed by atoms with Crippen molar-refractivity contribution in [3.63, 3.8) is 0 Å². The average molecular weight is 311 g/mol. The van der Waals surface area contributed by atoms with Crippen LogP contribution in [0, 0.1) is 11.7 Å². The molecule has 0 aliphatic carbocycles. The second kappa shape index (κ2) is 5.61. The van der Waals surface area contributed by atoms with Crippen LogP contribution in [-0.4, -0.2) is 32.8 Å². The van der Waals surface area contributed by atoms with E-state index in [-0.39, 0.29) is 5.82 Å². The van der Waals surface area contributed by atoms with Crippen LogP contribution in [0.1, 0.15) is 19.8 Å². The summed E-state index contributed by atoms with van der Waals surface area (Å²) in [4.78, 5) is 11.2. The Morgan fingerprint density at radius 3 is 2.78 bits per heavy atom. The summed E-state index contributed by atoms with van der Waals surface area (Å²) in [5.74, 6) is 1.35. The molecule has 1 aliphatic heterocycles. The predicted molar refractivity (Wildman–Crippen MR) is 87.2 cm³/mol. The van der Waals surface area contributed by atoms with Gasteiger partial charge in [-0.3, -0.25) is 0 Å². The molecule has 23 heavy (non-hydrogen) atoms. The molecule has 1 aromatic carbocycles. The maximum absolute atomic E-state index is 13.1. The van der Waals surface area contributed by atoms with Crippen molar-refractivity contribution in [2.45, 2.75) is 19.8 Å². The maximum atomic E-state index is 13.1. The fourth-order valence-electron chi connectivity index (χ4n) is 3.24. The molecule has 4 rings (SSSR count). The van der Waals surface area contributed by atoms with Crippen molar-refractivity contribution in [3.8, 4) is 5.69 Å². The lowest BCUT2D eigenvalue weighted by Gasteiger charge is -2.31. The summed E-state index contributed by atoms with van der Waals surface area (Å²) >= 11 is 0. The third kappa shape index (κ3) is 2.54. The highest BCUT2D eigenvalue weighted by Crippen LogP contribution is 2.28. The van der Waals surface area contributed by atoms with Crippen molar-refractivity contribution >= 4 is 16.9 Å². The van der Waals surface area contributed by atoms with Gasteiger partial charge in [-0.05, 0) is 43.0 Å². The first-order valence-corrected chi connectivity index (χ1v) is 7.92. The molecule has 0 N–H and O–H groups in total. The molecule has 3 heterocycles. The molecular formula is C17H18FN5. The number of aromatic nitrogens is 4. The zero-order valence-electron chi connectivity index (χ0n) is 13.0. The first kappa shape index (κ1) is 14.1. The molecule has 0 unspecified atom stereocenters. The molecule has 0 amide bonds. The van der Waals surface area contributed by atoms with Crippen LogP contribution in [0.3, 0.4) is 0 Å². The summed E-state index contributed by atoms with van der Waals surface area (Å²) in [7, 11) is 0. The molecule has 118 valence electrons. The van der Waals surface area contributed by atoms with Crippen molar-refractivity contribution < 1.29 is 4.39 Å². The number of nitrogens with zero attached hydrogens (tertiary/aromatic N) is 5. The molecular weight excluding hydrogens is 293 g/mol. The third-order valence-corrected chi connectivity index (χ3v) is 4.37. The van der Waals surface area contributed by atoms with E-state index in [0.29, 0.717) is 5.92 Å². The lowest BCUT2D eigenvalue weighted by molar-refractivity contribution is 0.445. The molecule has 1 atom stereocenters. The van der Waals surface area contributed by atoms with Gasteiger partial charge in [0.25, 0.3) is 0 Å². The second-order valence-corrected chi connectivity index (χ2v) is 6.16. The fourth-order valence-corrected chi connectivity index (χ4v) is 3.24. The Kier molecular flexibility index (Phi) is 3.44. The molecule has 1 aliphatic rings. The SMILES string of the molecule is C[C@H]1CCCN(c2ncnc3c2cnn3-c2ccc(F)cc2)C1. The predicted octanol–water partition coefficient (Wildman–Crippen LogP) is 3.19. The van der Waals surface area contributed by atoms with Gasteiger partial charge < -0.3 is 4.90 Å². The van der Waals surface area contributed by atoms with Crippen LogP contribution in [0.5, 0.6) is 0 Å². The van der Waals surface area contributed by atoms with Crippen LogP contribution >= 0.6 is 0 Å². The number of rotatable bonds is 2. The Balaban J connectivity index is 1.78. The molecule has 2 aromatic heterocycles. The largest absolute Gasteiger partial charge is 0.356 e. The Morgan fingerprint density at radius 2 is 2.00 bits per heavy atom. The highest BCUT2D eigenvalue weighted by molar-refractivity contribution is 5.87. The third-order valence-electron chi connectivity index (χ3n) is 4.37. The summed E-state index contributed by atoms with van der Waals surface area (Å²) in [5, 5.41) is 5.37. The van der Waals surface area contributed by atoms with Gasteiger partial charge in [-0.25, -0.2) is 19.0 Å². The quantitative estimate of drug-likeness (QED) is 0.729. The van der Waals surface area contributed by atoms with Crippen molar-refractivity contribution in [2.24, 2.45) is 5.92 Å². The van der Waals surface area contributed by atoms with Gasteiger partial charge >= 0.3 is 0 Å². The molecule has 0 saturated carbocycles. The van der Waals surface area contributed by atoms with Gasteiger partial charge in [0.15, 0.2) is 5.65 Å². The molecule has 6 heteroatoms. The molecule has 3 aromatic rings. The molecule has 1 saturated heterocycles. The summed E-state index contributed by atoms with van der Waals surface area (Å²) in [6, 6.07) is 6.26. The minimum Gasteiger partial charge on any atom is -0.356 e. The van der Waals surface area contributed by atoms with E-state index in [9.17, 15) is 4.39 Å². The minimum absolute atomic E-state index is 0.261. The van der Waals surface area contributed by atoms with Gasteiger partial charge in [0.1, 0.15) is 18.0 Å². The Bertz CT molecular complexity index is 827. The summed E-state index contributed by atoms with van der Waals surface area (Å²) < 4.78 is 14.9. The van der Waals surface area contributed by atoms with E-state index in [4.69, 9.17) is 0 Å². The summed E-state index contributed by atoms with van der Waals surface area (Å²) in [6.07, 6.45) is 5.82. The molecule has 0 spiro atoms. The number of hydrogen-bond acceptors (Lipinski definition) is 4. The number of piperidine rings is 1. The van der Waals surface area contributed by atoms with Crippen LogP contribution < -0.4 is 4.90 Å². The van der Waals surface area contributed by atoms with Crippen molar-refractivity contribution in [1.29, 1.82) is 0 Å². The van der Waals surface area contributed by atoms with Crippen molar-refractivity contribution in [2.75, 3.05) is 18.0 Å². The Labute approximate surface area is 133 Å². The summed E-state index contributed by atoms with van der Waals surface area (Å²) in [5.41, 5.74) is 1.54. The van der Waals surface area contributed by atoms with Crippen molar-refractivity contribution in [1.82, 2.24) is 19.7 Å². The topological polar surface area (TPSA) is 46.8 Å². The molecule has 0 bridgehead atoms. The summed E-state index contributed by atoms with van der Waals surface area (Å²) in [6.45, 7) is 4.29. The van der Waals surface area contributed by atoms with Crippen LogP contribution in [0.15, 0.2) is 36.8 Å². The highest BCUT2D eigenvalue weighted by atomic mass is 19.1. The Hall–Kier alpha value is -2.50. The number of hydrogen-bond donors (Lipinski definition) is 0. The first-order chi connectivity index (χ1) is 11.2. The van der Waals surface area contributed by atoms with Crippen molar-refractivity contribution in [3.05, 3.63) is 42.6 Å². The lowest BCUT2D eigenvalue weighted by Crippen LogP contribution is -2.34. The zero-order chi connectivity index (χ0) is 15.8. The van der Waals surface area contributed by atoms with Gasteiger partial charge in [-0.15, -0.1) is 0 Å².